The zero-order chi connectivity index (χ0) is 17.1. The number of carbonyl (C=O) groups is 1. The SMILES string of the molecule is O=C(Nc1nn(Cc2ccc(Cl)cc2Cl)cc1Br)C1CCCCC1. The first-order chi connectivity index (χ1) is 11.5. The first-order valence-electron chi connectivity index (χ1n) is 8.00. The van der Waals surface area contributed by atoms with Gasteiger partial charge < -0.3 is 5.32 Å². The zero-order valence-electron chi connectivity index (χ0n) is 13.1. The van der Waals surface area contributed by atoms with Gasteiger partial charge in [-0.1, -0.05) is 48.5 Å². The van der Waals surface area contributed by atoms with Gasteiger partial charge in [-0.05, 0) is 46.5 Å². The lowest BCUT2D eigenvalue weighted by Crippen LogP contribution is -2.25. The van der Waals surface area contributed by atoms with Crippen LogP contribution in [0.4, 0.5) is 5.82 Å². The van der Waals surface area contributed by atoms with E-state index < -0.39 is 0 Å². The Labute approximate surface area is 159 Å². The summed E-state index contributed by atoms with van der Waals surface area (Å²) in [4.78, 5) is 12.4. The minimum absolute atomic E-state index is 0.0603. The minimum atomic E-state index is 0.0603. The van der Waals surface area contributed by atoms with Gasteiger partial charge in [-0.2, -0.15) is 5.10 Å². The van der Waals surface area contributed by atoms with Gasteiger partial charge in [0.05, 0.1) is 11.0 Å². The van der Waals surface area contributed by atoms with Gasteiger partial charge in [0.25, 0.3) is 0 Å². The van der Waals surface area contributed by atoms with Gasteiger partial charge in [-0.15, -0.1) is 0 Å². The van der Waals surface area contributed by atoms with Gasteiger partial charge in [-0.3, -0.25) is 9.48 Å². The molecule has 0 aliphatic heterocycles. The molecule has 1 aliphatic carbocycles. The van der Waals surface area contributed by atoms with Crippen molar-refractivity contribution >= 4 is 50.9 Å². The van der Waals surface area contributed by atoms with Crippen LogP contribution in [0.15, 0.2) is 28.9 Å². The Morgan fingerprint density at radius 2 is 2.04 bits per heavy atom. The van der Waals surface area contributed by atoms with Crippen LogP contribution in [-0.2, 0) is 11.3 Å². The molecule has 1 saturated carbocycles. The van der Waals surface area contributed by atoms with E-state index in [0.717, 1.165) is 35.7 Å². The molecule has 4 nitrogen and oxygen atoms in total. The van der Waals surface area contributed by atoms with E-state index in [4.69, 9.17) is 23.2 Å². The highest BCUT2D eigenvalue weighted by atomic mass is 79.9. The van der Waals surface area contributed by atoms with Crippen LogP contribution in [0.3, 0.4) is 0 Å². The highest BCUT2D eigenvalue weighted by molar-refractivity contribution is 9.10. The molecule has 1 aromatic carbocycles. The third-order valence-corrected chi connectivity index (χ3v) is 5.45. The lowest BCUT2D eigenvalue weighted by Gasteiger charge is -2.20. The lowest BCUT2D eigenvalue weighted by atomic mass is 9.89. The van der Waals surface area contributed by atoms with Crippen LogP contribution in [0, 0.1) is 5.92 Å². The summed E-state index contributed by atoms with van der Waals surface area (Å²) in [6.45, 7) is 0.508. The fourth-order valence-corrected chi connectivity index (χ4v) is 3.85. The quantitative estimate of drug-likeness (QED) is 0.693. The molecule has 1 fully saturated rings. The standard InChI is InChI=1S/C17H18BrCl2N3O/c18-14-10-23(9-12-6-7-13(19)8-15(12)20)22-16(14)21-17(24)11-4-2-1-3-5-11/h6-8,10-11H,1-5,9H2,(H,21,22,24). The molecule has 0 spiro atoms. The van der Waals surface area contributed by atoms with E-state index in [9.17, 15) is 4.79 Å². The van der Waals surface area contributed by atoms with Gasteiger partial charge >= 0.3 is 0 Å². The average Bonchev–Trinajstić information content (AvgIpc) is 2.90. The number of benzene rings is 1. The Balaban J connectivity index is 1.69. The summed E-state index contributed by atoms with van der Waals surface area (Å²) >= 11 is 15.6. The van der Waals surface area contributed by atoms with Crippen LogP contribution >= 0.6 is 39.1 Å². The number of aromatic nitrogens is 2. The molecule has 1 aliphatic rings. The third kappa shape index (κ3) is 4.32. The van der Waals surface area contributed by atoms with Crippen molar-refractivity contribution in [2.45, 2.75) is 38.6 Å². The summed E-state index contributed by atoms with van der Waals surface area (Å²) in [5, 5.41) is 8.59. The van der Waals surface area contributed by atoms with Crippen molar-refractivity contribution < 1.29 is 4.79 Å². The molecule has 3 rings (SSSR count). The molecule has 0 bridgehead atoms. The second-order valence-corrected chi connectivity index (χ2v) is 7.78. The van der Waals surface area contributed by atoms with Gasteiger partial charge in [-0.25, -0.2) is 0 Å². The van der Waals surface area contributed by atoms with Crippen LogP contribution < -0.4 is 5.32 Å². The number of amides is 1. The molecule has 1 N–H and O–H groups in total. The molecule has 128 valence electrons. The van der Waals surface area contributed by atoms with Crippen LogP contribution in [0.25, 0.3) is 0 Å². The Kier molecular flexibility index (Phi) is 5.85. The van der Waals surface area contributed by atoms with Gasteiger partial charge in [0, 0.05) is 22.2 Å². The van der Waals surface area contributed by atoms with Crippen molar-refractivity contribution in [3.63, 3.8) is 0 Å². The highest BCUT2D eigenvalue weighted by Crippen LogP contribution is 2.27. The van der Waals surface area contributed by atoms with E-state index in [1.54, 1.807) is 16.8 Å². The summed E-state index contributed by atoms with van der Waals surface area (Å²) < 4.78 is 2.51. The van der Waals surface area contributed by atoms with E-state index in [1.165, 1.54) is 6.42 Å². The molecule has 1 amide bonds. The molecule has 1 heterocycles. The molecule has 7 heteroatoms. The monoisotopic (exact) mass is 429 g/mol. The van der Waals surface area contributed by atoms with Gasteiger partial charge in [0.2, 0.25) is 5.91 Å². The Morgan fingerprint density at radius 1 is 1.29 bits per heavy atom. The van der Waals surface area contributed by atoms with E-state index >= 15 is 0 Å². The Morgan fingerprint density at radius 3 is 2.75 bits per heavy atom. The fourth-order valence-electron chi connectivity index (χ4n) is 2.97. The zero-order valence-corrected chi connectivity index (χ0v) is 16.2. The first-order valence-corrected chi connectivity index (χ1v) is 9.55. The predicted octanol–water partition coefficient (Wildman–Crippen LogP) is 5.52. The number of carbonyl (C=O) groups excluding carboxylic acids is 1. The minimum Gasteiger partial charge on any atom is -0.308 e. The van der Waals surface area contributed by atoms with Crippen molar-refractivity contribution in [2.75, 3.05) is 5.32 Å². The maximum absolute atomic E-state index is 12.4. The number of anilines is 1. The number of halogens is 3. The topological polar surface area (TPSA) is 46.9 Å². The number of nitrogens with one attached hydrogen (secondary N) is 1. The van der Waals surface area contributed by atoms with Crippen molar-refractivity contribution in [1.82, 2.24) is 9.78 Å². The molecule has 0 atom stereocenters. The number of hydrogen-bond donors (Lipinski definition) is 1. The van der Waals surface area contributed by atoms with E-state index in [0.29, 0.717) is 22.4 Å². The van der Waals surface area contributed by atoms with E-state index in [-0.39, 0.29) is 11.8 Å². The third-order valence-electron chi connectivity index (χ3n) is 4.28. The lowest BCUT2D eigenvalue weighted by molar-refractivity contribution is -0.120. The average molecular weight is 431 g/mol. The molecule has 1 aromatic heterocycles. The molecule has 2 aromatic rings. The summed E-state index contributed by atoms with van der Waals surface area (Å²) in [5.41, 5.74) is 0.918. The normalized spacial score (nSPS) is 15.5. The van der Waals surface area contributed by atoms with Crippen LogP contribution in [-0.4, -0.2) is 15.7 Å². The molecule has 0 unspecified atom stereocenters. The molecule has 24 heavy (non-hydrogen) atoms. The van der Waals surface area contributed by atoms with E-state index in [2.05, 4.69) is 26.3 Å². The van der Waals surface area contributed by atoms with Gasteiger partial charge in [0.1, 0.15) is 0 Å². The predicted molar refractivity (Wildman–Crippen MR) is 101 cm³/mol. The number of rotatable bonds is 4. The molecular formula is C17H18BrCl2N3O. The summed E-state index contributed by atoms with van der Waals surface area (Å²) in [6.07, 6.45) is 7.24. The second-order valence-electron chi connectivity index (χ2n) is 6.08. The summed E-state index contributed by atoms with van der Waals surface area (Å²) in [5.74, 6) is 0.711. The van der Waals surface area contributed by atoms with Crippen LogP contribution in [0.5, 0.6) is 0 Å². The Bertz CT molecular complexity index is 741. The molecular weight excluding hydrogens is 413 g/mol. The van der Waals surface area contributed by atoms with Crippen molar-refractivity contribution in [3.8, 4) is 0 Å². The summed E-state index contributed by atoms with van der Waals surface area (Å²) in [6, 6.07) is 5.39. The Hall–Kier alpha value is -1.04. The summed E-state index contributed by atoms with van der Waals surface area (Å²) in [7, 11) is 0. The smallest absolute Gasteiger partial charge is 0.228 e. The van der Waals surface area contributed by atoms with Crippen LogP contribution in [0.1, 0.15) is 37.7 Å². The second kappa shape index (κ2) is 7.89. The van der Waals surface area contributed by atoms with Crippen LogP contribution in [0.2, 0.25) is 10.0 Å². The highest BCUT2D eigenvalue weighted by Gasteiger charge is 2.22. The fraction of sp³-hybridized carbons (Fsp3) is 0.412. The largest absolute Gasteiger partial charge is 0.308 e. The number of nitrogens with zero attached hydrogens (tertiary/aromatic N) is 2. The maximum Gasteiger partial charge on any atom is 0.228 e. The van der Waals surface area contributed by atoms with Crippen molar-refractivity contribution in [3.05, 3.63) is 44.5 Å². The van der Waals surface area contributed by atoms with Crippen molar-refractivity contribution in [1.29, 1.82) is 0 Å². The number of hydrogen-bond acceptors (Lipinski definition) is 2. The van der Waals surface area contributed by atoms with Crippen molar-refractivity contribution in [2.24, 2.45) is 5.92 Å². The molecule has 0 saturated heterocycles. The molecule has 0 radical (unpaired) electrons. The first kappa shape index (κ1) is 17.8. The van der Waals surface area contributed by atoms with Gasteiger partial charge in [0.15, 0.2) is 5.82 Å². The maximum atomic E-state index is 12.4. The van der Waals surface area contributed by atoms with E-state index in [1.807, 2.05) is 12.3 Å².